The second-order valence-corrected chi connectivity index (χ2v) is 4.68. The Morgan fingerprint density at radius 1 is 1.44 bits per heavy atom. The van der Waals surface area contributed by atoms with Crippen LogP contribution in [0.2, 0.25) is 5.02 Å². The van der Waals surface area contributed by atoms with E-state index < -0.39 is 0 Å². The molecule has 0 radical (unpaired) electrons. The number of hydrogen-bond donors (Lipinski definition) is 0. The molecular formula is C11H8BrClN2O. The van der Waals surface area contributed by atoms with Crippen LogP contribution in [-0.4, -0.2) is 15.6 Å². The predicted molar refractivity (Wildman–Crippen MR) is 65.8 cm³/mol. The van der Waals surface area contributed by atoms with Crippen molar-refractivity contribution in [3.8, 4) is 0 Å². The minimum Gasteiger partial charge on any atom is -0.287 e. The largest absolute Gasteiger partial charge is 0.287 e. The zero-order valence-corrected chi connectivity index (χ0v) is 10.8. The highest BCUT2D eigenvalue weighted by atomic mass is 79.9. The van der Waals surface area contributed by atoms with E-state index in [4.69, 9.17) is 11.6 Å². The maximum Gasteiger partial charge on any atom is 0.211 e. The van der Waals surface area contributed by atoms with E-state index in [9.17, 15) is 4.79 Å². The van der Waals surface area contributed by atoms with Gasteiger partial charge in [-0.2, -0.15) is 5.10 Å². The van der Waals surface area contributed by atoms with Crippen LogP contribution in [0.1, 0.15) is 16.1 Å². The van der Waals surface area contributed by atoms with Crippen molar-refractivity contribution in [3.05, 3.63) is 51.2 Å². The van der Waals surface area contributed by atoms with Gasteiger partial charge in [-0.15, -0.1) is 0 Å². The van der Waals surface area contributed by atoms with Gasteiger partial charge in [0.25, 0.3) is 0 Å². The monoisotopic (exact) mass is 298 g/mol. The van der Waals surface area contributed by atoms with Gasteiger partial charge in [0.2, 0.25) is 5.78 Å². The Morgan fingerprint density at radius 3 is 2.75 bits per heavy atom. The SMILES string of the molecule is Cn1nccc1C(=O)c1cc(Cl)cc(Br)c1. The van der Waals surface area contributed by atoms with Crippen LogP contribution in [0.5, 0.6) is 0 Å². The first-order valence-corrected chi connectivity index (χ1v) is 5.74. The Kier molecular flexibility index (Phi) is 3.12. The number of rotatable bonds is 2. The molecule has 0 saturated heterocycles. The van der Waals surface area contributed by atoms with Gasteiger partial charge in [0.05, 0.1) is 0 Å². The average Bonchev–Trinajstić information content (AvgIpc) is 2.62. The van der Waals surface area contributed by atoms with Gasteiger partial charge in [0.1, 0.15) is 5.69 Å². The molecule has 1 aromatic heterocycles. The fraction of sp³-hybridized carbons (Fsp3) is 0.0909. The normalized spacial score (nSPS) is 10.4. The number of halogens is 2. The summed E-state index contributed by atoms with van der Waals surface area (Å²) in [4.78, 5) is 12.1. The minimum absolute atomic E-state index is 0.0943. The number of nitrogens with zero attached hydrogens (tertiary/aromatic N) is 2. The molecule has 0 unspecified atom stereocenters. The Labute approximate surface area is 106 Å². The van der Waals surface area contributed by atoms with Crippen molar-refractivity contribution in [1.82, 2.24) is 9.78 Å². The molecule has 0 aliphatic heterocycles. The highest BCUT2D eigenvalue weighted by molar-refractivity contribution is 9.10. The summed E-state index contributed by atoms with van der Waals surface area (Å²) < 4.78 is 2.32. The summed E-state index contributed by atoms with van der Waals surface area (Å²) in [7, 11) is 1.73. The summed E-state index contributed by atoms with van der Waals surface area (Å²) in [5.74, 6) is -0.0943. The van der Waals surface area contributed by atoms with Gasteiger partial charge in [0.15, 0.2) is 0 Å². The molecule has 1 heterocycles. The van der Waals surface area contributed by atoms with Crippen LogP contribution in [0.15, 0.2) is 34.9 Å². The lowest BCUT2D eigenvalue weighted by Crippen LogP contribution is -2.08. The van der Waals surface area contributed by atoms with Crippen molar-refractivity contribution in [2.24, 2.45) is 7.05 Å². The number of aryl methyl sites for hydroxylation is 1. The molecule has 0 fully saturated rings. The molecule has 2 rings (SSSR count). The van der Waals surface area contributed by atoms with Gasteiger partial charge < -0.3 is 0 Å². The lowest BCUT2D eigenvalue weighted by atomic mass is 10.1. The zero-order chi connectivity index (χ0) is 11.7. The van der Waals surface area contributed by atoms with Crippen LogP contribution in [0.3, 0.4) is 0 Å². The van der Waals surface area contributed by atoms with Crippen LogP contribution in [0, 0.1) is 0 Å². The van der Waals surface area contributed by atoms with E-state index >= 15 is 0 Å². The number of ketones is 1. The number of hydrogen-bond acceptors (Lipinski definition) is 2. The van der Waals surface area contributed by atoms with E-state index in [2.05, 4.69) is 21.0 Å². The lowest BCUT2D eigenvalue weighted by molar-refractivity contribution is 0.103. The molecule has 0 bridgehead atoms. The summed E-state index contributed by atoms with van der Waals surface area (Å²) in [5.41, 5.74) is 1.08. The fourth-order valence-corrected chi connectivity index (χ4v) is 2.29. The van der Waals surface area contributed by atoms with Gasteiger partial charge in [-0.3, -0.25) is 9.48 Å². The molecule has 0 spiro atoms. The van der Waals surface area contributed by atoms with E-state index in [0.717, 1.165) is 4.47 Å². The predicted octanol–water partition coefficient (Wildman–Crippen LogP) is 3.07. The highest BCUT2D eigenvalue weighted by Crippen LogP contribution is 2.21. The number of benzene rings is 1. The maximum absolute atomic E-state index is 12.1. The van der Waals surface area contributed by atoms with Crippen LogP contribution in [0.25, 0.3) is 0 Å². The molecule has 0 atom stereocenters. The van der Waals surface area contributed by atoms with Crippen LogP contribution < -0.4 is 0 Å². The summed E-state index contributed by atoms with van der Waals surface area (Å²) >= 11 is 9.19. The van der Waals surface area contributed by atoms with Crippen LogP contribution in [-0.2, 0) is 7.05 Å². The van der Waals surface area contributed by atoms with Gasteiger partial charge >= 0.3 is 0 Å². The molecule has 5 heteroatoms. The first-order valence-electron chi connectivity index (χ1n) is 4.57. The Balaban J connectivity index is 2.45. The fourth-order valence-electron chi connectivity index (χ4n) is 1.43. The Bertz CT molecular complexity index is 530. The smallest absolute Gasteiger partial charge is 0.211 e. The molecule has 16 heavy (non-hydrogen) atoms. The van der Waals surface area contributed by atoms with Gasteiger partial charge in [0, 0.05) is 28.3 Å². The third-order valence-electron chi connectivity index (χ3n) is 2.18. The molecular weight excluding hydrogens is 291 g/mol. The molecule has 82 valence electrons. The van der Waals surface area contributed by atoms with E-state index in [-0.39, 0.29) is 5.78 Å². The van der Waals surface area contributed by atoms with Gasteiger partial charge in [-0.05, 0) is 24.3 Å². The van der Waals surface area contributed by atoms with Crippen LogP contribution in [0.4, 0.5) is 0 Å². The molecule has 3 nitrogen and oxygen atoms in total. The number of aromatic nitrogens is 2. The zero-order valence-electron chi connectivity index (χ0n) is 8.45. The number of carbonyl (C=O) groups is 1. The van der Waals surface area contributed by atoms with Crippen molar-refractivity contribution in [2.75, 3.05) is 0 Å². The summed E-state index contributed by atoms with van der Waals surface area (Å²) in [5, 5.41) is 4.49. The van der Waals surface area contributed by atoms with E-state index in [1.165, 1.54) is 4.68 Å². The van der Waals surface area contributed by atoms with E-state index in [0.29, 0.717) is 16.3 Å². The Morgan fingerprint density at radius 2 is 2.19 bits per heavy atom. The summed E-state index contributed by atoms with van der Waals surface area (Å²) in [6.45, 7) is 0. The van der Waals surface area contributed by atoms with Crippen molar-refractivity contribution < 1.29 is 4.79 Å². The molecule has 0 saturated carbocycles. The lowest BCUT2D eigenvalue weighted by Gasteiger charge is -2.03. The quantitative estimate of drug-likeness (QED) is 0.799. The second kappa shape index (κ2) is 4.39. The summed E-state index contributed by atoms with van der Waals surface area (Å²) in [6.07, 6.45) is 1.59. The van der Waals surface area contributed by atoms with E-state index in [1.807, 2.05) is 0 Å². The molecule has 0 aliphatic carbocycles. The third-order valence-corrected chi connectivity index (χ3v) is 2.85. The molecule has 2 aromatic rings. The van der Waals surface area contributed by atoms with E-state index in [1.54, 1.807) is 37.5 Å². The first-order chi connectivity index (χ1) is 7.58. The van der Waals surface area contributed by atoms with Crippen molar-refractivity contribution in [1.29, 1.82) is 0 Å². The third kappa shape index (κ3) is 2.18. The topological polar surface area (TPSA) is 34.9 Å². The second-order valence-electron chi connectivity index (χ2n) is 3.33. The molecule has 0 aliphatic rings. The van der Waals surface area contributed by atoms with Gasteiger partial charge in [-0.1, -0.05) is 27.5 Å². The Hall–Kier alpha value is -1.13. The number of carbonyl (C=O) groups excluding carboxylic acids is 1. The van der Waals surface area contributed by atoms with Gasteiger partial charge in [-0.25, -0.2) is 0 Å². The molecule has 0 N–H and O–H groups in total. The standard InChI is InChI=1S/C11H8BrClN2O/c1-15-10(2-3-14-15)11(16)7-4-8(12)6-9(13)5-7/h2-6H,1H3. The van der Waals surface area contributed by atoms with Crippen LogP contribution >= 0.6 is 27.5 Å². The minimum atomic E-state index is -0.0943. The summed E-state index contributed by atoms with van der Waals surface area (Å²) in [6, 6.07) is 6.79. The average molecular weight is 300 g/mol. The molecule has 1 aromatic carbocycles. The van der Waals surface area contributed by atoms with Crippen molar-refractivity contribution in [2.45, 2.75) is 0 Å². The van der Waals surface area contributed by atoms with Crippen molar-refractivity contribution >= 4 is 33.3 Å². The first kappa shape index (κ1) is 11.4. The maximum atomic E-state index is 12.1. The molecule has 0 amide bonds. The van der Waals surface area contributed by atoms with Crippen molar-refractivity contribution in [3.63, 3.8) is 0 Å². The highest BCUT2D eigenvalue weighted by Gasteiger charge is 2.13.